The molecule has 1 aliphatic heterocycles. The first kappa shape index (κ1) is 20.5. The van der Waals surface area contributed by atoms with Gasteiger partial charge in [0, 0.05) is 22.3 Å². The number of carbonyl (C=O) groups is 1. The Hall–Kier alpha value is -3.72. The number of benzene rings is 2. The Bertz CT molecular complexity index is 1200. The van der Waals surface area contributed by atoms with Crippen molar-refractivity contribution in [2.24, 2.45) is 0 Å². The second-order valence-electron chi connectivity index (χ2n) is 6.81. The van der Waals surface area contributed by atoms with E-state index in [0.29, 0.717) is 33.6 Å². The molecule has 1 aromatic heterocycles. The standard InChI is InChI=1S/C21H18ClN5O4/c1-3-31-20(28)17-12(2)23-21-24-19(13-8-10-14(22)11-9-13)25-26(21)18(17)15-6-4-5-7-16(15)27(29)30/h4-11,18H,3H2,1-2H3,(H,23,24,25). The van der Waals surface area contributed by atoms with E-state index in [2.05, 4.69) is 15.4 Å². The van der Waals surface area contributed by atoms with Gasteiger partial charge in [0.05, 0.1) is 22.7 Å². The summed E-state index contributed by atoms with van der Waals surface area (Å²) >= 11 is 5.97. The van der Waals surface area contributed by atoms with E-state index in [0.717, 1.165) is 0 Å². The topological polar surface area (TPSA) is 112 Å². The van der Waals surface area contributed by atoms with Crippen LogP contribution in [-0.4, -0.2) is 32.3 Å². The van der Waals surface area contributed by atoms with Crippen molar-refractivity contribution in [2.45, 2.75) is 19.9 Å². The number of nitrogens with one attached hydrogen (secondary N) is 1. The lowest BCUT2D eigenvalue weighted by molar-refractivity contribution is -0.385. The first-order valence-electron chi connectivity index (χ1n) is 9.51. The number of nitro groups is 1. The van der Waals surface area contributed by atoms with Gasteiger partial charge in [-0.25, -0.2) is 9.48 Å². The molecule has 9 nitrogen and oxygen atoms in total. The number of allylic oxidation sites excluding steroid dienone is 1. The number of fused-ring (bicyclic) bond motifs is 1. The SMILES string of the molecule is CCOC(=O)C1=C(C)Nc2nc(-c3ccc(Cl)cc3)nn2C1c1ccccc1[N+](=O)[O-]. The summed E-state index contributed by atoms with van der Waals surface area (Å²) in [5, 5.41) is 19.9. The molecule has 10 heteroatoms. The molecule has 2 heterocycles. The van der Waals surface area contributed by atoms with Crippen molar-refractivity contribution in [3.8, 4) is 11.4 Å². The maximum atomic E-state index is 12.8. The number of anilines is 1. The van der Waals surface area contributed by atoms with Gasteiger partial charge in [0.2, 0.25) is 5.95 Å². The summed E-state index contributed by atoms with van der Waals surface area (Å²) in [5.74, 6) is 0.171. The van der Waals surface area contributed by atoms with E-state index >= 15 is 0 Å². The summed E-state index contributed by atoms with van der Waals surface area (Å²) in [6.07, 6.45) is 0. The number of carbonyl (C=O) groups excluding carboxylic acids is 1. The number of esters is 1. The first-order chi connectivity index (χ1) is 14.9. The Morgan fingerprint density at radius 1 is 1.26 bits per heavy atom. The van der Waals surface area contributed by atoms with E-state index in [9.17, 15) is 14.9 Å². The molecule has 4 rings (SSSR count). The van der Waals surface area contributed by atoms with Crippen LogP contribution < -0.4 is 5.32 Å². The van der Waals surface area contributed by atoms with Gasteiger partial charge in [-0.15, -0.1) is 5.10 Å². The lowest BCUT2D eigenvalue weighted by Crippen LogP contribution is -2.30. The van der Waals surface area contributed by atoms with Crippen LogP contribution in [0, 0.1) is 10.1 Å². The predicted octanol–water partition coefficient (Wildman–Crippen LogP) is 4.36. The van der Waals surface area contributed by atoms with E-state index < -0.39 is 16.9 Å². The van der Waals surface area contributed by atoms with E-state index in [1.54, 1.807) is 56.3 Å². The number of nitrogens with zero attached hydrogens (tertiary/aromatic N) is 4. The Morgan fingerprint density at radius 3 is 2.65 bits per heavy atom. The van der Waals surface area contributed by atoms with E-state index in [-0.39, 0.29) is 17.9 Å². The van der Waals surface area contributed by atoms with Crippen LogP contribution in [-0.2, 0) is 9.53 Å². The highest BCUT2D eigenvalue weighted by molar-refractivity contribution is 6.30. The quantitative estimate of drug-likeness (QED) is 0.357. The maximum Gasteiger partial charge on any atom is 0.338 e. The van der Waals surface area contributed by atoms with Gasteiger partial charge in [-0.3, -0.25) is 10.1 Å². The monoisotopic (exact) mass is 439 g/mol. The second kappa shape index (κ2) is 8.19. The number of aromatic nitrogens is 3. The Morgan fingerprint density at radius 2 is 1.97 bits per heavy atom. The van der Waals surface area contributed by atoms with Crippen molar-refractivity contribution < 1.29 is 14.5 Å². The van der Waals surface area contributed by atoms with Crippen molar-refractivity contribution >= 4 is 29.2 Å². The minimum absolute atomic E-state index is 0.126. The maximum absolute atomic E-state index is 12.8. The van der Waals surface area contributed by atoms with Crippen LogP contribution in [0.4, 0.5) is 11.6 Å². The highest BCUT2D eigenvalue weighted by atomic mass is 35.5. The van der Waals surface area contributed by atoms with Crippen LogP contribution in [0.5, 0.6) is 0 Å². The number of para-hydroxylation sites is 1. The van der Waals surface area contributed by atoms with E-state index in [1.165, 1.54) is 10.7 Å². The van der Waals surface area contributed by atoms with Gasteiger partial charge in [0.15, 0.2) is 5.82 Å². The molecule has 1 atom stereocenters. The van der Waals surface area contributed by atoms with Crippen molar-refractivity contribution in [2.75, 3.05) is 11.9 Å². The zero-order valence-corrected chi connectivity index (χ0v) is 17.5. The predicted molar refractivity (Wildman–Crippen MR) is 115 cm³/mol. The first-order valence-corrected chi connectivity index (χ1v) is 9.89. The van der Waals surface area contributed by atoms with E-state index in [4.69, 9.17) is 16.3 Å². The molecule has 0 spiro atoms. The molecule has 0 bridgehead atoms. The number of rotatable bonds is 5. The zero-order valence-electron chi connectivity index (χ0n) is 16.7. The van der Waals surface area contributed by atoms with Crippen LogP contribution >= 0.6 is 11.6 Å². The van der Waals surface area contributed by atoms with Crippen LogP contribution in [0.1, 0.15) is 25.5 Å². The fourth-order valence-electron chi connectivity index (χ4n) is 3.52. The highest BCUT2D eigenvalue weighted by Crippen LogP contribution is 2.40. The molecule has 0 amide bonds. The van der Waals surface area contributed by atoms with Gasteiger partial charge in [0.25, 0.3) is 5.69 Å². The zero-order chi connectivity index (χ0) is 22.1. The minimum atomic E-state index is -0.884. The molecular formula is C21H18ClN5O4. The highest BCUT2D eigenvalue weighted by Gasteiger charge is 2.38. The molecule has 0 aliphatic carbocycles. The third kappa shape index (κ3) is 3.75. The van der Waals surface area contributed by atoms with Crippen LogP contribution in [0.15, 0.2) is 59.8 Å². The van der Waals surface area contributed by atoms with Gasteiger partial charge in [-0.05, 0) is 44.2 Å². The molecule has 158 valence electrons. The normalized spacial score (nSPS) is 15.3. The summed E-state index contributed by atoms with van der Waals surface area (Å²) in [6, 6.07) is 12.4. The lowest BCUT2D eigenvalue weighted by atomic mass is 9.94. The van der Waals surface area contributed by atoms with E-state index in [1.807, 2.05) is 0 Å². The molecule has 1 N–H and O–H groups in total. The molecule has 1 unspecified atom stereocenters. The van der Waals surface area contributed by atoms with Crippen LogP contribution in [0.3, 0.4) is 0 Å². The number of hydrogen-bond acceptors (Lipinski definition) is 7. The molecule has 0 radical (unpaired) electrons. The molecule has 3 aromatic rings. The summed E-state index contributed by atoms with van der Waals surface area (Å²) in [4.78, 5) is 28.6. The van der Waals surface area contributed by atoms with Crippen molar-refractivity contribution in [3.05, 3.63) is 80.5 Å². The average Bonchev–Trinajstić information content (AvgIpc) is 3.16. The molecular weight excluding hydrogens is 422 g/mol. The van der Waals surface area contributed by atoms with Crippen molar-refractivity contribution in [1.82, 2.24) is 14.8 Å². The molecule has 2 aromatic carbocycles. The molecule has 31 heavy (non-hydrogen) atoms. The third-order valence-electron chi connectivity index (χ3n) is 4.88. The summed E-state index contributed by atoms with van der Waals surface area (Å²) < 4.78 is 6.72. The average molecular weight is 440 g/mol. The van der Waals surface area contributed by atoms with Gasteiger partial charge in [-0.1, -0.05) is 23.7 Å². The second-order valence-corrected chi connectivity index (χ2v) is 7.25. The molecule has 0 fully saturated rings. The lowest BCUT2D eigenvalue weighted by Gasteiger charge is -2.27. The Labute approximate surface area is 182 Å². The minimum Gasteiger partial charge on any atom is -0.463 e. The Kier molecular flexibility index (Phi) is 5.43. The number of hydrogen-bond donors (Lipinski definition) is 1. The fourth-order valence-corrected chi connectivity index (χ4v) is 3.64. The van der Waals surface area contributed by atoms with Gasteiger partial charge in [-0.2, -0.15) is 4.98 Å². The number of ether oxygens (including phenoxy) is 1. The summed E-state index contributed by atoms with van der Waals surface area (Å²) in [7, 11) is 0. The van der Waals surface area contributed by atoms with Crippen LogP contribution in [0.25, 0.3) is 11.4 Å². The largest absolute Gasteiger partial charge is 0.463 e. The molecule has 1 aliphatic rings. The Balaban J connectivity index is 1.92. The number of nitro benzene ring substituents is 1. The van der Waals surface area contributed by atoms with Crippen LogP contribution in [0.2, 0.25) is 5.02 Å². The van der Waals surface area contributed by atoms with Gasteiger partial charge < -0.3 is 10.1 Å². The van der Waals surface area contributed by atoms with Crippen molar-refractivity contribution in [1.29, 1.82) is 0 Å². The fraction of sp³-hybridized carbons (Fsp3) is 0.190. The van der Waals surface area contributed by atoms with Gasteiger partial charge in [0.1, 0.15) is 6.04 Å². The van der Waals surface area contributed by atoms with Gasteiger partial charge >= 0.3 is 5.97 Å². The number of halogens is 1. The molecule has 0 saturated heterocycles. The smallest absolute Gasteiger partial charge is 0.338 e. The summed E-state index contributed by atoms with van der Waals surface area (Å²) in [6.45, 7) is 3.57. The van der Waals surface area contributed by atoms with Crippen molar-refractivity contribution in [3.63, 3.8) is 0 Å². The third-order valence-corrected chi connectivity index (χ3v) is 5.13. The summed E-state index contributed by atoms with van der Waals surface area (Å²) in [5.41, 5.74) is 1.62. The molecule has 0 saturated carbocycles.